The molecular weight excluding hydrogens is 228 g/mol. The highest BCUT2D eigenvalue weighted by atomic mass is 16.5. The minimum atomic E-state index is -0.648. The van der Waals surface area contributed by atoms with Crippen LogP contribution in [-0.4, -0.2) is 30.5 Å². The van der Waals surface area contributed by atoms with Crippen molar-refractivity contribution < 1.29 is 9.84 Å². The van der Waals surface area contributed by atoms with Crippen LogP contribution < -0.4 is 5.32 Å². The third-order valence-corrected chi connectivity index (χ3v) is 3.26. The zero-order valence-corrected chi connectivity index (χ0v) is 10.4. The molecule has 1 heterocycles. The lowest BCUT2D eigenvalue weighted by atomic mass is 9.94. The van der Waals surface area contributed by atoms with Crippen molar-refractivity contribution in [1.29, 1.82) is 5.26 Å². The summed E-state index contributed by atoms with van der Waals surface area (Å²) in [5, 5.41) is 22.3. The van der Waals surface area contributed by atoms with Crippen LogP contribution >= 0.6 is 0 Å². The van der Waals surface area contributed by atoms with E-state index >= 15 is 0 Å². The highest BCUT2D eigenvalue weighted by Crippen LogP contribution is 2.19. The molecule has 1 aliphatic rings. The molecule has 1 aromatic carbocycles. The number of nitriles is 1. The molecule has 0 spiro atoms. The summed E-state index contributed by atoms with van der Waals surface area (Å²) in [6, 6.07) is 9.62. The number of ether oxygens (including phenoxy) is 1. The molecule has 0 unspecified atom stereocenters. The molecular formula is C14H18N2O2. The molecule has 1 aliphatic heterocycles. The third-order valence-electron chi connectivity index (χ3n) is 3.26. The van der Waals surface area contributed by atoms with Crippen LogP contribution in [-0.2, 0) is 11.3 Å². The Morgan fingerprint density at radius 3 is 2.89 bits per heavy atom. The van der Waals surface area contributed by atoms with E-state index in [-0.39, 0.29) is 0 Å². The zero-order chi connectivity index (χ0) is 12.8. The number of aliphatic hydroxyl groups is 1. The lowest BCUT2D eigenvalue weighted by molar-refractivity contribution is -0.0617. The molecule has 0 saturated carbocycles. The van der Waals surface area contributed by atoms with Crippen molar-refractivity contribution in [2.75, 3.05) is 19.8 Å². The maximum absolute atomic E-state index is 10.3. The third kappa shape index (κ3) is 3.54. The fourth-order valence-electron chi connectivity index (χ4n) is 2.12. The van der Waals surface area contributed by atoms with Crippen molar-refractivity contribution >= 4 is 0 Å². The van der Waals surface area contributed by atoms with Gasteiger partial charge in [0.15, 0.2) is 0 Å². The quantitative estimate of drug-likeness (QED) is 0.837. The van der Waals surface area contributed by atoms with E-state index in [0.717, 1.165) is 5.56 Å². The monoisotopic (exact) mass is 246 g/mol. The molecule has 18 heavy (non-hydrogen) atoms. The van der Waals surface area contributed by atoms with Crippen molar-refractivity contribution in [3.63, 3.8) is 0 Å². The lowest BCUT2D eigenvalue weighted by Crippen LogP contribution is -2.44. The summed E-state index contributed by atoms with van der Waals surface area (Å²) in [5.74, 6) is 0. The number of hydrogen-bond acceptors (Lipinski definition) is 4. The molecule has 0 bridgehead atoms. The summed E-state index contributed by atoms with van der Waals surface area (Å²) >= 11 is 0. The molecule has 4 heteroatoms. The van der Waals surface area contributed by atoms with E-state index in [1.165, 1.54) is 0 Å². The average molecular weight is 246 g/mol. The molecule has 1 saturated heterocycles. The second-order valence-electron chi connectivity index (χ2n) is 4.75. The van der Waals surface area contributed by atoms with Crippen molar-refractivity contribution in [1.82, 2.24) is 5.32 Å². The Hall–Kier alpha value is -1.41. The summed E-state index contributed by atoms with van der Waals surface area (Å²) in [6.07, 6.45) is 1.36. The molecule has 0 aliphatic carbocycles. The van der Waals surface area contributed by atoms with Gasteiger partial charge in [-0.15, -0.1) is 0 Å². The van der Waals surface area contributed by atoms with Crippen molar-refractivity contribution in [3.8, 4) is 6.07 Å². The zero-order valence-electron chi connectivity index (χ0n) is 10.4. The molecule has 0 atom stereocenters. The van der Waals surface area contributed by atoms with Crippen molar-refractivity contribution in [2.24, 2.45) is 0 Å². The molecule has 0 radical (unpaired) electrons. The van der Waals surface area contributed by atoms with Crippen molar-refractivity contribution in [3.05, 3.63) is 35.4 Å². The Bertz CT molecular complexity index is 434. The van der Waals surface area contributed by atoms with E-state index in [1.54, 1.807) is 6.07 Å². The lowest BCUT2D eigenvalue weighted by Gasteiger charge is -2.32. The Kier molecular flexibility index (Phi) is 4.32. The van der Waals surface area contributed by atoms with E-state index in [9.17, 15) is 5.11 Å². The first-order valence-corrected chi connectivity index (χ1v) is 6.22. The Morgan fingerprint density at radius 2 is 2.17 bits per heavy atom. The van der Waals surface area contributed by atoms with Crippen LogP contribution in [0.5, 0.6) is 0 Å². The van der Waals surface area contributed by atoms with Crippen LogP contribution in [0.3, 0.4) is 0 Å². The van der Waals surface area contributed by atoms with Gasteiger partial charge in [-0.25, -0.2) is 0 Å². The fraction of sp³-hybridized carbons (Fsp3) is 0.500. The van der Waals surface area contributed by atoms with Gasteiger partial charge in [0.2, 0.25) is 0 Å². The van der Waals surface area contributed by atoms with Gasteiger partial charge in [0.1, 0.15) is 0 Å². The summed E-state index contributed by atoms with van der Waals surface area (Å²) in [6.45, 7) is 2.48. The smallest absolute Gasteiger partial charge is 0.0991 e. The van der Waals surface area contributed by atoms with Gasteiger partial charge in [0.05, 0.1) is 17.2 Å². The summed E-state index contributed by atoms with van der Waals surface area (Å²) < 4.78 is 5.24. The van der Waals surface area contributed by atoms with E-state index in [0.29, 0.717) is 44.7 Å². The van der Waals surface area contributed by atoms with Gasteiger partial charge in [-0.05, 0) is 17.7 Å². The minimum Gasteiger partial charge on any atom is -0.388 e. The standard InChI is InChI=1S/C14H18N2O2/c15-9-12-2-1-3-13(8-12)10-16-11-14(17)4-6-18-7-5-14/h1-3,8,16-17H,4-7,10-11H2. The number of benzene rings is 1. The number of rotatable bonds is 4. The highest BCUT2D eigenvalue weighted by Gasteiger charge is 2.28. The van der Waals surface area contributed by atoms with Gasteiger partial charge in [0.25, 0.3) is 0 Å². The molecule has 2 rings (SSSR count). The highest BCUT2D eigenvalue weighted by molar-refractivity contribution is 5.32. The second kappa shape index (κ2) is 5.96. The van der Waals surface area contributed by atoms with Crippen LogP contribution in [0.15, 0.2) is 24.3 Å². The largest absolute Gasteiger partial charge is 0.388 e. The van der Waals surface area contributed by atoms with E-state index in [2.05, 4.69) is 11.4 Å². The number of nitrogens with one attached hydrogen (secondary N) is 1. The van der Waals surface area contributed by atoms with E-state index < -0.39 is 5.60 Å². The molecule has 1 fully saturated rings. The molecule has 4 nitrogen and oxygen atoms in total. The van der Waals surface area contributed by atoms with Crippen LogP contribution in [0, 0.1) is 11.3 Å². The normalized spacial score (nSPS) is 18.2. The maximum Gasteiger partial charge on any atom is 0.0991 e. The number of hydrogen-bond donors (Lipinski definition) is 2. The van der Waals surface area contributed by atoms with Crippen LogP contribution in [0.4, 0.5) is 0 Å². The van der Waals surface area contributed by atoms with Gasteiger partial charge in [-0.3, -0.25) is 0 Å². The van der Waals surface area contributed by atoms with Gasteiger partial charge >= 0.3 is 0 Å². The van der Waals surface area contributed by atoms with E-state index in [4.69, 9.17) is 10.00 Å². The molecule has 96 valence electrons. The first kappa shape index (κ1) is 13.0. The molecule has 0 amide bonds. The summed E-state index contributed by atoms with van der Waals surface area (Å²) in [7, 11) is 0. The maximum atomic E-state index is 10.3. The SMILES string of the molecule is N#Cc1cccc(CNCC2(O)CCOCC2)c1. The molecule has 0 aromatic heterocycles. The van der Waals surface area contributed by atoms with Gasteiger partial charge in [-0.2, -0.15) is 5.26 Å². The molecule has 1 aromatic rings. The average Bonchev–Trinajstić information content (AvgIpc) is 2.40. The fourth-order valence-corrected chi connectivity index (χ4v) is 2.12. The predicted molar refractivity (Wildman–Crippen MR) is 67.9 cm³/mol. The van der Waals surface area contributed by atoms with Gasteiger partial charge in [-0.1, -0.05) is 12.1 Å². The number of nitrogens with zero attached hydrogens (tertiary/aromatic N) is 1. The van der Waals surface area contributed by atoms with Gasteiger partial charge < -0.3 is 15.2 Å². The Balaban J connectivity index is 1.82. The van der Waals surface area contributed by atoms with Crippen LogP contribution in [0.1, 0.15) is 24.0 Å². The second-order valence-corrected chi connectivity index (χ2v) is 4.75. The topological polar surface area (TPSA) is 65.3 Å². The predicted octanol–water partition coefficient (Wildman–Crippen LogP) is 1.19. The summed E-state index contributed by atoms with van der Waals surface area (Å²) in [5.41, 5.74) is 1.08. The molecule has 2 N–H and O–H groups in total. The first-order valence-electron chi connectivity index (χ1n) is 6.22. The Morgan fingerprint density at radius 1 is 1.39 bits per heavy atom. The van der Waals surface area contributed by atoms with Crippen LogP contribution in [0.2, 0.25) is 0 Å². The Labute approximate surface area is 107 Å². The van der Waals surface area contributed by atoms with Crippen LogP contribution in [0.25, 0.3) is 0 Å². The van der Waals surface area contributed by atoms with E-state index in [1.807, 2.05) is 18.2 Å². The summed E-state index contributed by atoms with van der Waals surface area (Å²) in [4.78, 5) is 0. The van der Waals surface area contributed by atoms with Gasteiger partial charge in [0, 0.05) is 39.1 Å². The minimum absolute atomic E-state index is 0.563. The van der Waals surface area contributed by atoms with Crippen molar-refractivity contribution in [2.45, 2.75) is 25.0 Å². The first-order chi connectivity index (χ1) is 8.72.